The van der Waals surface area contributed by atoms with Gasteiger partial charge in [-0.05, 0) is 82.6 Å². The minimum absolute atomic E-state index is 0.0130. The lowest BCUT2D eigenvalue weighted by Gasteiger charge is -2.37. The van der Waals surface area contributed by atoms with Crippen LogP contribution in [0.25, 0.3) is 32.8 Å². The monoisotopic (exact) mass is 825 g/mol. The Morgan fingerprint density at radius 2 is 1.23 bits per heavy atom. The first-order chi connectivity index (χ1) is 29.5. The number of para-hydroxylation sites is 3. The summed E-state index contributed by atoms with van der Waals surface area (Å²) in [5, 5.41) is 32.7. The summed E-state index contributed by atoms with van der Waals surface area (Å²) in [6.45, 7) is 7.30. The number of carbonyl (C=O) groups is 3. The van der Waals surface area contributed by atoms with Crippen molar-refractivity contribution >= 4 is 50.5 Å². The molecule has 3 N–H and O–H groups in total. The van der Waals surface area contributed by atoms with Crippen LogP contribution in [0.4, 0.5) is 0 Å². The maximum Gasteiger partial charge on any atom is 0.334 e. The number of amides is 3. The Kier molecular flexibility index (Phi) is 13.0. The van der Waals surface area contributed by atoms with Crippen LogP contribution in [0.2, 0.25) is 0 Å². The van der Waals surface area contributed by atoms with E-state index in [0.717, 1.165) is 52.7 Å². The third-order valence-corrected chi connectivity index (χ3v) is 12.5. The molecule has 0 spiro atoms. The molecule has 13 nitrogen and oxygen atoms in total. The van der Waals surface area contributed by atoms with Gasteiger partial charge in [0.2, 0.25) is 0 Å². The van der Waals surface area contributed by atoms with Gasteiger partial charge in [-0.1, -0.05) is 66.7 Å². The second-order valence-corrected chi connectivity index (χ2v) is 17.5. The van der Waals surface area contributed by atoms with Gasteiger partial charge in [-0.25, -0.2) is 9.59 Å². The molecule has 3 aromatic carbocycles. The smallest absolute Gasteiger partial charge is 0.334 e. The number of fused-ring (bicyclic) bond motifs is 3. The predicted octanol–water partition coefficient (Wildman–Crippen LogP) is 4.97. The molecule has 5 heterocycles. The van der Waals surface area contributed by atoms with Crippen LogP contribution in [0, 0.1) is 15.8 Å². The summed E-state index contributed by atoms with van der Waals surface area (Å²) in [4.78, 5) is 56.4. The van der Waals surface area contributed by atoms with Crippen LogP contribution in [0.5, 0.6) is 0 Å². The average molecular weight is 826 g/mol. The Bertz CT molecular complexity index is 2470. The highest BCUT2D eigenvalue weighted by Crippen LogP contribution is 2.25. The van der Waals surface area contributed by atoms with Crippen molar-refractivity contribution in [2.24, 2.45) is 5.41 Å². The molecule has 8 rings (SSSR count). The van der Waals surface area contributed by atoms with E-state index < -0.39 is 51.4 Å². The standard InChI is InChI=1S/C48H55N7O6/c1-48(2,47(58)55(60)39-15-10-26-53(28-24-39)32-37-22-20-34-12-4-7-17-41(34)50-37)30-42(51-45(56)44-29-35-13-5-8-18-43(35)61-44)46(57)54(59)38-14-9-25-52(27-23-38)31-36-21-19-33-11-3-6-16-40(33)49-36/h3-8,11-13,16-22,29,38-39,42,54-55H,9-10,14-15,23-28,30-32H2,1-2H3,(H,51,56)/t38?,39?,42-/m0/s1. The fourth-order valence-electron chi connectivity index (χ4n) is 9.03. The highest BCUT2D eigenvalue weighted by atomic mass is 16.5. The normalized spacial score (nSPS) is 19.9. The fraction of sp³-hybridized carbons (Fsp3) is 0.396. The van der Waals surface area contributed by atoms with Crippen molar-refractivity contribution in [3.8, 4) is 0 Å². The third kappa shape index (κ3) is 10.0. The highest BCUT2D eigenvalue weighted by Gasteiger charge is 2.43. The zero-order valence-electron chi connectivity index (χ0n) is 35.0. The van der Waals surface area contributed by atoms with Gasteiger partial charge in [0.05, 0.1) is 39.9 Å². The van der Waals surface area contributed by atoms with E-state index in [1.165, 1.54) is 0 Å². The molecule has 2 fully saturated rings. The first-order valence-corrected chi connectivity index (χ1v) is 21.6. The molecule has 6 aromatic rings. The van der Waals surface area contributed by atoms with Crippen LogP contribution in [0.1, 0.15) is 80.7 Å². The van der Waals surface area contributed by atoms with Crippen molar-refractivity contribution in [3.05, 3.63) is 131 Å². The average Bonchev–Trinajstić information content (AvgIpc) is 3.39. The maximum absolute atomic E-state index is 14.3. The van der Waals surface area contributed by atoms with Gasteiger partial charge < -0.3 is 30.3 Å². The second kappa shape index (κ2) is 18.7. The molecule has 0 bridgehead atoms. The Morgan fingerprint density at radius 3 is 1.80 bits per heavy atom. The fourth-order valence-corrected chi connectivity index (χ4v) is 9.03. The van der Waals surface area contributed by atoms with E-state index in [1.54, 1.807) is 32.0 Å². The molecule has 5 atom stereocenters. The number of furan rings is 1. The van der Waals surface area contributed by atoms with Gasteiger partial charge >= 0.3 is 11.8 Å². The molecule has 318 valence electrons. The molecule has 0 aliphatic carbocycles. The minimum atomic E-state index is -1.35. The van der Waals surface area contributed by atoms with Gasteiger partial charge in [0.25, 0.3) is 5.91 Å². The van der Waals surface area contributed by atoms with Crippen LogP contribution >= 0.6 is 0 Å². The number of likely N-dealkylation sites (tertiary alicyclic amines) is 2. The summed E-state index contributed by atoms with van der Waals surface area (Å²) in [5.41, 5.74) is 2.91. The Balaban J connectivity index is 0.933. The van der Waals surface area contributed by atoms with E-state index in [-0.39, 0.29) is 12.2 Å². The van der Waals surface area contributed by atoms with Crippen LogP contribution in [-0.2, 0) is 22.7 Å². The van der Waals surface area contributed by atoms with Crippen molar-refractivity contribution in [1.82, 2.24) is 25.1 Å². The van der Waals surface area contributed by atoms with E-state index in [0.29, 0.717) is 69.3 Å². The number of hydrogen-bond acceptors (Lipinski definition) is 10. The summed E-state index contributed by atoms with van der Waals surface area (Å²) in [5.74, 6) is -2.05. The van der Waals surface area contributed by atoms with Crippen LogP contribution < -0.4 is 15.4 Å². The number of rotatable bonds is 12. The lowest BCUT2D eigenvalue weighted by molar-refractivity contribution is -0.800. The summed E-state index contributed by atoms with van der Waals surface area (Å²) < 4.78 is 5.81. The molecule has 2 aliphatic heterocycles. The molecule has 4 unspecified atom stereocenters. The maximum atomic E-state index is 14.3. The SMILES string of the molecule is CC(C)(C[C@H](NC(=O)c1cc2ccccc2o1)C(=O)[NH+]([O-])C1CCCN(Cc2ccc3ccccc3n2)CC1)C(=O)[NH+]([O-])C1CCCN(Cc2ccc3ccccc3n2)CC1. The van der Waals surface area contributed by atoms with E-state index in [9.17, 15) is 24.8 Å². The van der Waals surface area contributed by atoms with Crippen LogP contribution in [-0.4, -0.2) is 81.8 Å². The summed E-state index contributed by atoms with van der Waals surface area (Å²) in [6, 6.07) is 30.6. The van der Waals surface area contributed by atoms with Gasteiger partial charge in [0.15, 0.2) is 5.76 Å². The van der Waals surface area contributed by atoms with Gasteiger partial charge in [-0.3, -0.25) is 24.6 Å². The zero-order chi connectivity index (χ0) is 42.5. The predicted molar refractivity (Wildman–Crippen MR) is 234 cm³/mol. The molecule has 0 saturated carbocycles. The molecule has 13 heteroatoms. The summed E-state index contributed by atoms with van der Waals surface area (Å²) in [6.07, 6.45) is 3.33. The molecule has 3 amide bonds. The molecule has 2 saturated heterocycles. The molecule has 3 aromatic heterocycles. The van der Waals surface area contributed by atoms with E-state index >= 15 is 0 Å². The number of benzene rings is 3. The number of nitrogens with zero attached hydrogens (tertiary/aromatic N) is 4. The van der Waals surface area contributed by atoms with E-state index in [4.69, 9.17) is 14.4 Å². The van der Waals surface area contributed by atoms with Crippen LogP contribution in [0.3, 0.4) is 0 Å². The Hall–Kier alpha value is -5.41. The van der Waals surface area contributed by atoms with Crippen molar-refractivity contribution in [2.75, 3.05) is 26.2 Å². The Morgan fingerprint density at radius 1 is 0.705 bits per heavy atom. The van der Waals surface area contributed by atoms with E-state index in [2.05, 4.69) is 27.2 Å². The topological polar surface area (TPSA) is 164 Å². The first-order valence-electron chi connectivity index (χ1n) is 21.6. The summed E-state index contributed by atoms with van der Waals surface area (Å²) in [7, 11) is 0. The molecule has 2 aliphatic rings. The van der Waals surface area contributed by atoms with Gasteiger partial charge in [-0.15, -0.1) is 0 Å². The molecular formula is C48H55N7O6. The van der Waals surface area contributed by atoms with E-state index in [1.807, 2.05) is 72.8 Å². The van der Waals surface area contributed by atoms with Crippen molar-refractivity contribution in [3.63, 3.8) is 0 Å². The number of pyridine rings is 2. The first kappa shape index (κ1) is 42.3. The number of nitrogens with one attached hydrogen (secondary N) is 3. The van der Waals surface area contributed by atoms with Crippen LogP contribution in [0.15, 0.2) is 108 Å². The Labute approximate surface area is 355 Å². The van der Waals surface area contributed by atoms with Crippen molar-refractivity contribution in [1.29, 1.82) is 0 Å². The third-order valence-electron chi connectivity index (χ3n) is 12.5. The number of carbonyl (C=O) groups excluding carboxylic acids is 3. The van der Waals surface area contributed by atoms with Crippen molar-refractivity contribution < 1.29 is 28.9 Å². The number of quaternary nitrogens is 2. The number of hydroxylamine groups is 4. The zero-order valence-corrected chi connectivity index (χ0v) is 35.0. The van der Waals surface area contributed by atoms with Crippen molar-refractivity contribution in [2.45, 2.75) is 90.0 Å². The second-order valence-electron chi connectivity index (χ2n) is 17.5. The highest BCUT2D eigenvalue weighted by molar-refractivity contribution is 5.98. The minimum Gasteiger partial charge on any atom is -0.627 e. The van der Waals surface area contributed by atoms with Gasteiger partial charge in [-0.2, -0.15) is 0 Å². The van der Waals surface area contributed by atoms with Gasteiger partial charge in [0, 0.05) is 68.0 Å². The lowest BCUT2D eigenvalue weighted by atomic mass is 9.83. The quantitative estimate of drug-likeness (QED) is 0.144. The lowest BCUT2D eigenvalue weighted by Crippen LogP contribution is -3.16. The molecule has 0 radical (unpaired) electrons. The summed E-state index contributed by atoms with van der Waals surface area (Å²) >= 11 is 0. The largest absolute Gasteiger partial charge is 0.627 e. The molecular weight excluding hydrogens is 771 g/mol. The number of aromatic nitrogens is 2. The van der Waals surface area contributed by atoms with Gasteiger partial charge in [0.1, 0.15) is 11.6 Å². The molecule has 61 heavy (non-hydrogen) atoms. The number of hydrogen-bond donors (Lipinski definition) is 3.